The highest BCUT2D eigenvalue weighted by atomic mass is 19.2. The Labute approximate surface area is 190 Å². The van der Waals surface area contributed by atoms with Crippen LogP contribution in [0.1, 0.15) is 31.2 Å². The molecule has 0 atom stereocenters. The van der Waals surface area contributed by atoms with E-state index in [0.29, 0.717) is 18.4 Å². The van der Waals surface area contributed by atoms with Gasteiger partial charge in [0.2, 0.25) is 5.95 Å². The van der Waals surface area contributed by atoms with Gasteiger partial charge in [-0.2, -0.15) is 4.98 Å². The van der Waals surface area contributed by atoms with E-state index in [1.165, 1.54) is 0 Å². The molecule has 2 aromatic carbocycles. The van der Waals surface area contributed by atoms with Gasteiger partial charge in [0.15, 0.2) is 23.3 Å². The van der Waals surface area contributed by atoms with E-state index < -0.39 is 28.8 Å². The number of para-hydroxylation sites is 1. The molecule has 0 unspecified atom stereocenters. The molecule has 0 amide bonds. The van der Waals surface area contributed by atoms with E-state index in [1.54, 1.807) is 0 Å². The lowest BCUT2D eigenvalue weighted by molar-refractivity contribution is 0.321. The summed E-state index contributed by atoms with van der Waals surface area (Å²) in [7, 11) is 3.90. The van der Waals surface area contributed by atoms with Crippen LogP contribution >= 0.6 is 0 Å². The largest absolute Gasteiger partial charge is 0.362 e. The normalized spacial score (nSPS) is 18.5. The summed E-state index contributed by atoms with van der Waals surface area (Å²) in [4.78, 5) is 11.3. The summed E-state index contributed by atoms with van der Waals surface area (Å²) in [6.45, 7) is 0.254. The van der Waals surface area contributed by atoms with Crippen LogP contribution in [0.4, 0.5) is 29.3 Å². The third kappa shape index (κ3) is 5.19. The fourth-order valence-electron chi connectivity index (χ4n) is 4.34. The molecule has 1 saturated carbocycles. The van der Waals surface area contributed by atoms with Crippen LogP contribution in [0.3, 0.4) is 0 Å². The molecule has 1 heterocycles. The van der Waals surface area contributed by atoms with Gasteiger partial charge >= 0.3 is 0 Å². The van der Waals surface area contributed by atoms with Crippen LogP contribution in [0.25, 0.3) is 10.9 Å². The van der Waals surface area contributed by atoms with Crippen molar-refractivity contribution < 1.29 is 17.6 Å². The number of anilines is 2. The summed E-state index contributed by atoms with van der Waals surface area (Å²) in [6.07, 6.45) is 3.61. The molecule has 0 bridgehead atoms. The zero-order valence-corrected chi connectivity index (χ0v) is 18.6. The molecule has 1 aromatic heterocycles. The Bertz CT molecular complexity index is 1100. The van der Waals surface area contributed by atoms with Gasteiger partial charge in [-0.15, -0.1) is 0 Å². The van der Waals surface area contributed by atoms with E-state index >= 15 is 0 Å². The van der Waals surface area contributed by atoms with E-state index in [-0.39, 0.29) is 18.7 Å². The number of rotatable bonds is 7. The van der Waals surface area contributed by atoms with Crippen LogP contribution in [-0.2, 0) is 6.54 Å². The minimum absolute atomic E-state index is 0.225. The van der Waals surface area contributed by atoms with Crippen LogP contribution in [0.5, 0.6) is 0 Å². The van der Waals surface area contributed by atoms with E-state index in [0.717, 1.165) is 42.4 Å². The summed E-state index contributed by atoms with van der Waals surface area (Å²) in [5.74, 6) is -3.70. The van der Waals surface area contributed by atoms with Crippen molar-refractivity contribution in [1.82, 2.24) is 15.3 Å². The van der Waals surface area contributed by atoms with E-state index in [2.05, 4.69) is 20.6 Å². The molecule has 1 fully saturated rings. The fraction of sp³-hybridized carbons (Fsp3) is 0.417. The molecule has 5 nitrogen and oxygen atoms in total. The molecular formula is C24H27F4N5. The maximum atomic E-state index is 13.8. The maximum absolute atomic E-state index is 13.8. The summed E-state index contributed by atoms with van der Waals surface area (Å²) >= 11 is 0. The Balaban J connectivity index is 1.31. The van der Waals surface area contributed by atoms with Crippen LogP contribution in [-0.4, -0.2) is 36.6 Å². The van der Waals surface area contributed by atoms with Gasteiger partial charge in [-0.1, -0.05) is 12.1 Å². The van der Waals surface area contributed by atoms with Crippen LogP contribution in [0.2, 0.25) is 0 Å². The third-order valence-corrected chi connectivity index (χ3v) is 6.12. The highest BCUT2D eigenvalue weighted by molar-refractivity contribution is 5.90. The van der Waals surface area contributed by atoms with Crippen molar-refractivity contribution in [2.45, 2.75) is 38.3 Å². The molecule has 3 aromatic rings. The smallest absolute Gasteiger partial charge is 0.225 e. The topological polar surface area (TPSA) is 53.1 Å². The molecule has 9 heteroatoms. The van der Waals surface area contributed by atoms with Crippen molar-refractivity contribution in [2.75, 3.05) is 30.9 Å². The van der Waals surface area contributed by atoms with Gasteiger partial charge < -0.3 is 15.5 Å². The number of nitrogens with zero attached hydrogens (tertiary/aromatic N) is 3. The first-order chi connectivity index (χ1) is 15.8. The van der Waals surface area contributed by atoms with E-state index in [1.807, 2.05) is 43.3 Å². The lowest BCUT2D eigenvalue weighted by Crippen LogP contribution is -2.32. The molecule has 0 radical (unpaired) electrons. The van der Waals surface area contributed by atoms with Gasteiger partial charge in [0, 0.05) is 43.7 Å². The van der Waals surface area contributed by atoms with Crippen LogP contribution in [0.15, 0.2) is 30.3 Å². The predicted octanol–water partition coefficient (Wildman–Crippen LogP) is 5.01. The molecule has 0 saturated heterocycles. The SMILES string of the molecule is CN(C)c1nc(N[C@H]2CC[C@@H](CNCc3c(F)c(F)cc(F)c3F)CC2)nc2ccccc12. The number of benzene rings is 2. The van der Waals surface area contributed by atoms with Crippen LogP contribution < -0.4 is 15.5 Å². The van der Waals surface area contributed by atoms with Crippen LogP contribution in [0, 0.1) is 29.2 Å². The van der Waals surface area contributed by atoms with Crippen molar-refractivity contribution in [3.05, 3.63) is 59.2 Å². The molecular weight excluding hydrogens is 434 g/mol. The van der Waals surface area contributed by atoms with Gasteiger partial charge in [0.05, 0.1) is 5.52 Å². The summed E-state index contributed by atoms with van der Waals surface area (Å²) in [5, 5.41) is 7.39. The highest BCUT2D eigenvalue weighted by Gasteiger charge is 2.23. The molecule has 1 aliphatic rings. The Kier molecular flexibility index (Phi) is 6.97. The predicted molar refractivity (Wildman–Crippen MR) is 121 cm³/mol. The highest BCUT2D eigenvalue weighted by Crippen LogP contribution is 2.28. The maximum Gasteiger partial charge on any atom is 0.225 e. The second kappa shape index (κ2) is 9.91. The van der Waals surface area contributed by atoms with E-state index in [9.17, 15) is 17.6 Å². The number of hydrogen-bond donors (Lipinski definition) is 2. The Morgan fingerprint density at radius 1 is 0.939 bits per heavy atom. The zero-order valence-electron chi connectivity index (χ0n) is 18.6. The van der Waals surface area contributed by atoms with Crippen molar-refractivity contribution >= 4 is 22.7 Å². The summed E-state index contributed by atoms with van der Waals surface area (Å²) < 4.78 is 54.3. The van der Waals surface area contributed by atoms with Gasteiger partial charge in [0.25, 0.3) is 0 Å². The Morgan fingerprint density at radius 2 is 1.61 bits per heavy atom. The average molecular weight is 462 g/mol. The molecule has 0 spiro atoms. The molecule has 2 N–H and O–H groups in total. The lowest BCUT2D eigenvalue weighted by atomic mass is 9.86. The van der Waals surface area contributed by atoms with Gasteiger partial charge in [-0.05, 0) is 50.3 Å². The number of hydrogen-bond acceptors (Lipinski definition) is 5. The first-order valence-corrected chi connectivity index (χ1v) is 11.1. The summed E-state index contributed by atoms with van der Waals surface area (Å²) in [5.41, 5.74) is 0.276. The number of nitrogens with one attached hydrogen (secondary N) is 2. The summed E-state index contributed by atoms with van der Waals surface area (Å²) in [6, 6.07) is 8.34. The molecule has 33 heavy (non-hydrogen) atoms. The minimum atomic E-state index is -1.38. The van der Waals surface area contributed by atoms with Gasteiger partial charge in [-0.3, -0.25) is 0 Å². The van der Waals surface area contributed by atoms with Crippen molar-refractivity contribution in [3.63, 3.8) is 0 Å². The quantitative estimate of drug-likeness (QED) is 0.383. The average Bonchev–Trinajstić information content (AvgIpc) is 2.80. The number of halogens is 4. The van der Waals surface area contributed by atoms with Crippen molar-refractivity contribution in [3.8, 4) is 0 Å². The number of fused-ring (bicyclic) bond motifs is 1. The first kappa shape index (κ1) is 23.2. The molecule has 4 rings (SSSR count). The van der Waals surface area contributed by atoms with Gasteiger partial charge in [0.1, 0.15) is 5.82 Å². The Morgan fingerprint density at radius 3 is 2.27 bits per heavy atom. The van der Waals surface area contributed by atoms with Crippen molar-refractivity contribution in [2.24, 2.45) is 5.92 Å². The second-order valence-corrected chi connectivity index (χ2v) is 8.72. The van der Waals surface area contributed by atoms with E-state index in [4.69, 9.17) is 0 Å². The molecule has 1 aliphatic carbocycles. The fourth-order valence-corrected chi connectivity index (χ4v) is 4.34. The Hall–Kier alpha value is -2.94. The molecule has 176 valence electrons. The zero-order chi connectivity index (χ0) is 23.5. The standard InChI is InChI=1S/C24H27F4N5/c1-33(2)23-16-5-3-4-6-20(16)31-24(32-23)30-15-9-7-14(8-10-15)12-29-13-17-21(27)18(25)11-19(26)22(17)28/h3-6,11,14-15,29H,7-10,12-13H2,1-2H3,(H,30,31,32)/t14-,15+. The van der Waals surface area contributed by atoms with Crippen molar-refractivity contribution in [1.29, 1.82) is 0 Å². The number of aromatic nitrogens is 2. The lowest BCUT2D eigenvalue weighted by Gasteiger charge is -2.29. The van der Waals surface area contributed by atoms with Gasteiger partial charge in [-0.25, -0.2) is 22.5 Å². The first-order valence-electron chi connectivity index (χ1n) is 11.1. The second-order valence-electron chi connectivity index (χ2n) is 8.72. The monoisotopic (exact) mass is 461 g/mol. The minimum Gasteiger partial charge on any atom is -0.362 e. The third-order valence-electron chi connectivity index (χ3n) is 6.12. The molecule has 0 aliphatic heterocycles.